The topological polar surface area (TPSA) is 50.1 Å². The molecule has 1 aliphatic rings. The molecule has 0 saturated carbocycles. The van der Waals surface area contributed by atoms with Gasteiger partial charge in [0.05, 0.1) is 24.2 Å². The molecule has 0 radical (unpaired) electrons. The third kappa shape index (κ3) is 4.63. The first-order valence-corrected chi connectivity index (χ1v) is 10.4. The molecule has 0 aliphatic carbocycles. The molecule has 1 atom stereocenters. The molecule has 0 amide bonds. The fourth-order valence-electron chi connectivity index (χ4n) is 4.19. The molecule has 33 heavy (non-hydrogen) atoms. The molecule has 1 unspecified atom stereocenters. The molecule has 0 spiro atoms. The number of hydrogen-bond donors (Lipinski definition) is 0. The summed E-state index contributed by atoms with van der Waals surface area (Å²) in [6.45, 7) is 2.04. The molecule has 1 aliphatic heterocycles. The molecule has 0 fully saturated rings. The summed E-state index contributed by atoms with van der Waals surface area (Å²) in [6.07, 6.45) is -4.47. The number of hydroxylamine groups is 3. The number of hydrogen-bond acceptors (Lipinski definition) is 3. The van der Waals surface area contributed by atoms with Crippen LogP contribution in [0.2, 0.25) is 0 Å². The van der Waals surface area contributed by atoms with Crippen molar-refractivity contribution in [3.05, 3.63) is 100 Å². The highest BCUT2D eigenvalue weighted by molar-refractivity contribution is 5.85. The van der Waals surface area contributed by atoms with Crippen molar-refractivity contribution in [1.82, 2.24) is 0 Å². The van der Waals surface area contributed by atoms with Gasteiger partial charge in [0.15, 0.2) is 6.67 Å². The first-order chi connectivity index (χ1) is 15.6. The first kappa shape index (κ1) is 22.6. The van der Waals surface area contributed by atoms with E-state index in [2.05, 4.69) is 6.07 Å². The van der Waals surface area contributed by atoms with E-state index in [9.17, 15) is 18.4 Å². The Bertz CT molecular complexity index is 1250. The Hall–Kier alpha value is -3.60. The highest BCUT2D eigenvalue weighted by atomic mass is 19.4. The molecule has 0 saturated heterocycles. The maximum Gasteiger partial charge on any atom is 0.416 e. The number of nitriles is 1. The van der Waals surface area contributed by atoms with Crippen LogP contribution in [0.25, 0.3) is 16.7 Å². The van der Waals surface area contributed by atoms with Crippen LogP contribution >= 0.6 is 0 Å². The monoisotopic (exact) mass is 449 g/mol. The summed E-state index contributed by atoms with van der Waals surface area (Å²) < 4.78 is 39.3. The van der Waals surface area contributed by atoms with E-state index in [1.165, 1.54) is 13.1 Å². The summed E-state index contributed by atoms with van der Waals surface area (Å²) >= 11 is 0. The van der Waals surface area contributed by atoms with Gasteiger partial charge in [-0.3, -0.25) is 4.90 Å². The largest absolute Gasteiger partial charge is 0.631 e. The van der Waals surface area contributed by atoms with Crippen LogP contribution in [0.3, 0.4) is 0 Å². The minimum absolute atomic E-state index is 0.00960. The van der Waals surface area contributed by atoms with Crippen LogP contribution in [0.1, 0.15) is 23.6 Å². The minimum atomic E-state index is -4.47. The van der Waals surface area contributed by atoms with Gasteiger partial charge >= 0.3 is 6.18 Å². The van der Waals surface area contributed by atoms with E-state index in [0.717, 1.165) is 40.1 Å². The smallest absolute Gasteiger partial charge is 0.416 e. The highest BCUT2D eigenvalue weighted by Gasteiger charge is 2.33. The molecule has 0 aromatic heterocycles. The van der Waals surface area contributed by atoms with Gasteiger partial charge in [0.1, 0.15) is 6.54 Å². The van der Waals surface area contributed by atoms with Crippen LogP contribution in [0.15, 0.2) is 78.5 Å². The number of quaternary nitrogens is 1. The van der Waals surface area contributed by atoms with Crippen molar-refractivity contribution < 1.29 is 17.8 Å². The summed E-state index contributed by atoms with van der Waals surface area (Å²) in [7, 11) is 1.53. The Morgan fingerprint density at radius 2 is 1.64 bits per heavy atom. The van der Waals surface area contributed by atoms with Gasteiger partial charge in [-0.15, -0.1) is 0 Å². The molecule has 4 rings (SSSR count). The minimum Gasteiger partial charge on any atom is -0.631 e. The number of rotatable bonds is 3. The Balaban J connectivity index is 1.85. The van der Waals surface area contributed by atoms with Gasteiger partial charge < -0.3 is 9.85 Å². The fourth-order valence-corrected chi connectivity index (χ4v) is 4.19. The lowest BCUT2D eigenvalue weighted by molar-refractivity contribution is -0.853. The Morgan fingerprint density at radius 1 is 0.970 bits per heavy atom. The summed E-state index contributed by atoms with van der Waals surface area (Å²) in [5, 5.41) is 22.3. The normalized spacial score (nSPS) is 18.9. The van der Waals surface area contributed by atoms with Crippen LogP contribution in [0, 0.1) is 16.5 Å². The molecule has 4 nitrogen and oxygen atoms in total. The van der Waals surface area contributed by atoms with E-state index in [4.69, 9.17) is 5.26 Å². The molecule has 168 valence electrons. The predicted octanol–water partition coefficient (Wildman–Crippen LogP) is 6.40. The lowest BCUT2D eigenvalue weighted by atomic mass is 9.91. The van der Waals surface area contributed by atoms with E-state index in [-0.39, 0.29) is 13.2 Å². The number of halogens is 3. The van der Waals surface area contributed by atoms with E-state index in [1.54, 1.807) is 23.1 Å². The van der Waals surface area contributed by atoms with Crippen LogP contribution < -0.4 is 4.90 Å². The van der Waals surface area contributed by atoms with Gasteiger partial charge in [-0.05, 0) is 53.9 Å². The van der Waals surface area contributed by atoms with Gasteiger partial charge in [0, 0.05) is 17.0 Å². The molecule has 3 aromatic carbocycles. The van der Waals surface area contributed by atoms with E-state index in [1.807, 2.05) is 43.3 Å². The van der Waals surface area contributed by atoms with Crippen molar-refractivity contribution in [3.8, 4) is 17.2 Å². The van der Waals surface area contributed by atoms with Crippen LogP contribution in [0.5, 0.6) is 0 Å². The third-order valence-corrected chi connectivity index (χ3v) is 5.84. The summed E-state index contributed by atoms with van der Waals surface area (Å²) in [4.78, 5) is 1.66. The average Bonchev–Trinajstić information content (AvgIpc) is 2.80. The van der Waals surface area contributed by atoms with Crippen LogP contribution in [0.4, 0.5) is 18.9 Å². The number of nitrogens with zero attached hydrogens (tertiary/aromatic N) is 3. The maximum absolute atomic E-state index is 13.3. The lowest BCUT2D eigenvalue weighted by Crippen LogP contribution is -2.51. The summed E-state index contributed by atoms with van der Waals surface area (Å²) in [5.41, 5.74) is 4.26. The highest BCUT2D eigenvalue weighted by Crippen LogP contribution is 2.39. The standard InChI is InChI=1S/C26H22F3N3O/c1-18-25(24-9-4-3-8-23(24)20-12-10-19(15-30)11-13-20)16-32(2,33)17-31(18)22-7-5-6-21(14-22)26(27,28)29/h3-14H,16-17H2,1-2H3. The lowest BCUT2D eigenvalue weighted by Gasteiger charge is -2.48. The zero-order valence-corrected chi connectivity index (χ0v) is 18.2. The first-order valence-electron chi connectivity index (χ1n) is 10.4. The molecule has 1 heterocycles. The molecular formula is C26H22F3N3O. The van der Waals surface area contributed by atoms with E-state index >= 15 is 0 Å². The number of allylic oxidation sites excluding steroid dienone is 1. The van der Waals surface area contributed by atoms with Gasteiger partial charge in [-0.2, -0.15) is 18.4 Å². The molecular weight excluding hydrogens is 427 g/mol. The predicted molar refractivity (Wildman–Crippen MR) is 122 cm³/mol. The second kappa shape index (κ2) is 8.39. The van der Waals surface area contributed by atoms with Crippen LogP contribution in [-0.4, -0.2) is 24.9 Å². The fraction of sp³-hybridized carbons (Fsp3) is 0.192. The zero-order valence-electron chi connectivity index (χ0n) is 18.2. The van der Waals surface area contributed by atoms with E-state index in [0.29, 0.717) is 11.3 Å². The molecule has 7 heteroatoms. The van der Waals surface area contributed by atoms with Gasteiger partial charge in [-0.25, -0.2) is 0 Å². The molecule has 3 aromatic rings. The van der Waals surface area contributed by atoms with E-state index < -0.39 is 16.4 Å². The summed E-state index contributed by atoms with van der Waals surface area (Å²) in [5.74, 6) is 0. The number of likely N-dealkylation sites (N-methyl/N-ethyl adjacent to an activating group) is 1. The third-order valence-electron chi connectivity index (χ3n) is 5.84. The Labute approximate surface area is 190 Å². The van der Waals surface area contributed by atoms with Gasteiger partial charge in [-0.1, -0.05) is 42.5 Å². The van der Waals surface area contributed by atoms with Crippen molar-refractivity contribution in [3.63, 3.8) is 0 Å². The zero-order chi connectivity index (χ0) is 23.8. The van der Waals surface area contributed by atoms with Gasteiger partial charge in [0.25, 0.3) is 0 Å². The Kier molecular flexibility index (Phi) is 5.75. The van der Waals surface area contributed by atoms with Crippen molar-refractivity contribution in [2.75, 3.05) is 25.2 Å². The van der Waals surface area contributed by atoms with Crippen molar-refractivity contribution in [2.45, 2.75) is 13.1 Å². The molecule has 0 N–H and O–H groups in total. The van der Waals surface area contributed by atoms with Crippen molar-refractivity contribution >= 4 is 11.3 Å². The average molecular weight is 449 g/mol. The van der Waals surface area contributed by atoms with Crippen molar-refractivity contribution in [2.24, 2.45) is 0 Å². The van der Waals surface area contributed by atoms with Gasteiger partial charge in [0.2, 0.25) is 0 Å². The second-order valence-electron chi connectivity index (χ2n) is 8.37. The number of anilines is 1. The van der Waals surface area contributed by atoms with Crippen molar-refractivity contribution in [1.29, 1.82) is 5.26 Å². The summed E-state index contributed by atoms with van der Waals surface area (Å²) in [6, 6.07) is 22.0. The maximum atomic E-state index is 13.3. The quantitative estimate of drug-likeness (QED) is 0.344. The van der Waals surface area contributed by atoms with Crippen LogP contribution in [-0.2, 0) is 6.18 Å². The number of alkyl halides is 3. The number of benzene rings is 3. The molecule has 0 bridgehead atoms. The Morgan fingerprint density at radius 3 is 2.27 bits per heavy atom. The SMILES string of the molecule is CC1=C(c2ccccc2-c2ccc(C#N)cc2)C[N+](C)([O-])CN1c1cccc(C(F)(F)F)c1. The second-order valence-corrected chi connectivity index (χ2v) is 8.37.